The third-order valence-electron chi connectivity index (χ3n) is 4.59. The van der Waals surface area contributed by atoms with Crippen molar-refractivity contribution in [1.82, 2.24) is 5.32 Å². The average molecular weight is 318 g/mol. The van der Waals surface area contributed by atoms with Crippen LogP contribution in [0.3, 0.4) is 0 Å². The van der Waals surface area contributed by atoms with Crippen molar-refractivity contribution in [3.8, 4) is 0 Å². The number of hydrogen-bond donors (Lipinski definition) is 2. The van der Waals surface area contributed by atoms with Crippen molar-refractivity contribution >= 4 is 17.7 Å². The van der Waals surface area contributed by atoms with E-state index in [1.807, 2.05) is 51.1 Å². The number of carbonyl (C=O) groups excluding carboxylic acids is 2. The number of hydrogen-bond acceptors (Lipinski definition) is 3. The molecular weight excluding hydrogens is 292 g/mol. The lowest BCUT2D eigenvalue weighted by molar-refractivity contribution is -0.120. The lowest BCUT2D eigenvalue weighted by Crippen LogP contribution is -2.39. The number of ether oxygens (including phenoxy) is 1. The molecule has 126 valence electrons. The van der Waals surface area contributed by atoms with Gasteiger partial charge in [0.15, 0.2) is 0 Å². The van der Waals surface area contributed by atoms with Crippen LogP contribution in [0.25, 0.3) is 0 Å². The van der Waals surface area contributed by atoms with E-state index in [1.165, 1.54) is 0 Å². The predicted octanol–water partition coefficient (Wildman–Crippen LogP) is 3.57. The van der Waals surface area contributed by atoms with Crippen LogP contribution in [0.5, 0.6) is 0 Å². The molecule has 0 aliphatic heterocycles. The molecule has 0 heterocycles. The minimum Gasteiger partial charge on any atom is -0.443 e. The molecule has 0 radical (unpaired) electrons. The number of amides is 2. The normalized spacial score (nSPS) is 26.6. The van der Waals surface area contributed by atoms with Crippen LogP contribution in [0.15, 0.2) is 30.3 Å². The van der Waals surface area contributed by atoms with Gasteiger partial charge in [-0.15, -0.1) is 0 Å². The number of rotatable bonds is 5. The smallest absolute Gasteiger partial charge is 0.407 e. The fourth-order valence-electron chi connectivity index (χ4n) is 3.03. The van der Waals surface area contributed by atoms with E-state index in [1.54, 1.807) is 0 Å². The van der Waals surface area contributed by atoms with Crippen LogP contribution in [0, 0.1) is 11.8 Å². The summed E-state index contributed by atoms with van der Waals surface area (Å²) in [5.41, 5.74) is 0.191. The van der Waals surface area contributed by atoms with Gasteiger partial charge in [0.2, 0.25) is 5.91 Å². The van der Waals surface area contributed by atoms with E-state index >= 15 is 0 Å². The molecule has 5 nitrogen and oxygen atoms in total. The molecule has 1 aliphatic carbocycles. The third-order valence-corrected chi connectivity index (χ3v) is 4.59. The molecule has 0 spiro atoms. The average Bonchev–Trinajstić information content (AvgIpc) is 2.81. The molecule has 1 saturated carbocycles. The second-order valence-electron chi connectivity index (χ2n) is 6.52. The third kappa shape index (κ3) is 4.47. The Bertz CT molecular complexity index is 546. The molecule has 1 aromatic carbocycles. The summed E-state index contributed by atoms with van der Waals surface area (Å²) in [6.45, 7) is 6.53. The van der Waals surface area contributed by atoms with Gasteiger partial charge in [0.1, 0.15) is 5.60 Å². The molecule has 0 saturated heterocycles. The van der Waals surface area contributed by atoms with Crippen molar-refractivity contribution in [3.63, 3.8) is 0 Å². The highest BCUT2D eigenvalue weighted by atomic mass is 16.6. The van der Waals surface area contributed by atoms with Gasteiger partial charge >= 0.3 is 6.09 Å². The van der Waals surface area contributed by atoms with Gasteiger partial charge in [0.25, 0.3) is 0 Å². The second-order valence-corrected chi connectivity index (χ2v) is 6.52. The van der Waals surface area contributed by atoms with Crippen LogP contribution in [0.2, 0.25) is 0 Å². The van der Waals surface area contributed by atoms with Gasteiger partial charge in [0.05, 0.1) is 0 Å². The van der Waals surface area contributed by atoms with E-state index < -0.39 is 11.7 Å². The summed E-state index contributed by atoms with van der Waals surface area (Å²) in [6, 6.07) is 9.41. The number of nitrogens with one attached hydrogen (secondary N) is 2. The summed E-state index contributed by atoms with van der Waals surface area (Å²) in [6.07, 6.45) is 1.73. The number of alkyl carbamates (subject to hydrolysis) is 1. The lowest BCUT2D eigenvalue weighted by Gasteiger charge is -2.29. The zero-order valence-electron chi connectivity index (χ0n) is 14.1. The molecule has 2 rings (SSSR count). The summed E-state index contributed by atoms with van der Waals surface area (Å²) >= 11 is 0. The van der Waals surface area contributed by atoms with E-state index in [9.17, 15) is 9.59 Å². The Hall–Kier alpha value is -2.04. The van der Waals surface area contributed by atoms with Crippen molar-refractivity contribution < 1.29 is 14.3 Å². The van der Waals surface area contributed by atoms with Crippen molar-refractivity contribution in [2.75, 3.05) is 11.9 Å². The maximum Gasteiger partial charge on any atom is 0.407 e. The Kier molecular flexibility index (Phi) is 5.64. The first-order valence-electron chi connectivity index (χ1n) is 8.27. The van der Waals surface area contributed by atoms with Crippen LogP contribution in [0.4, 0.5) is 10.5 Å². The first kappa shape index (κ1) is 17.3. The van der Waals surface area contributed by atoms with Gasteiger partial charge in [-0.1, -0.05) is 32.0 Å². The lowest BCUT2D eigenvalue weighted by atomic mass is 9.95. The van der Waals surface area contributed by atoms with Gasteiger partial charge in [-0.25, -0.2) is 4.79 Å². The van der Waals surface area contributed by atoms with Crippen LogP contribution >= 0.6 is 0 Å². The van der Waals surface area contributed by atoms with E-state index in [-0.39, 0.29) is 17.7 Å². The van der Waals surface area contributed by atoms with Gasteiger partial charge in [-0.05, 0) is 44.2 Å². The highest BCUT2D eigenvalue weighted by Crippen LogP contribution is 2.42. The first-order valence-corrected chi connectivity index (χ1v) is 8.27. The zero-order chi connectivity index (χ0) is 16.9. The SMILES string of the molecule is CCCNC(=O)OC1(C)CC(C(=O)Nc2ccccc2)CC1C. The fourth-order valence-corrected chi connectivity index (χ4v) is 3.03. The summed E-state index contributed by atoms with van der Waals surface area (Å²) in [7, 11) is 0. The van der Waals surface area contributed by atoms with Crippen molar-refractivity contribution in [2.45, 2.75) is 45.6 Å². The Balaban J connectivity index is 1.94. The van der Waals surface area contributed by atoms with Crippen LogP contribution in [-0.4, -0.2) is 24.1 Å². The van der Waals surface area contributed by atoms with Crippen LogP contribution < -0.4 is 10.6 Å². The molecule has 1 aliphatic rings. The largest absolute Gasteiger partial charge is 0.443 e. The van der Waals surface area contributed by atoms with Crippen LogP contribution in [-0.2, 0) is 9.53 Å². The van der Waals surface area contributed by atoms with E-state index in [0.29, 0.717) is 13.0 Å². The Morgan fingerprint density at radius 2 is 2.00 bits per heavy atom. The summed E-state index contributed by atoms with van der Waals surface area (Å²) in [5, 5.41) is 5.66. The van der Waals surface area contributed by atoms with Crippen molar-refractivity contribution in [3.05, 3.63) is 30.3 Å². The standard InChI is InChI=1S/C18H26N2O3/c1-4-10-19-17(22)23-18(3)12-14(11-13(18)2)16(21)20-15-8-6-5-7-9-15/h5-9,13-14H,4,10-12H2,1-3H3,(H,19,22)(H,20,21). The maximum absolute atomic E-state index is 12.4. The molecule has 5 heteroatoms. The molecule has 0 bridgehead atoms. The highest BCUT2D eigenvalue weighted by molar-refractivity contribution is 5.92. The highest BCUT2D eigenvalue weighted by Gasteiger charge is 2.47. The molecule has 23 heavy (non-hydrogen) atoms. The Labute approximate surface area is 137 Å². The molecule has 2 N–H and O–H groups in total. The first-order chi connectivity index (χ1) is 10.9. The summed E-state index contributed by atoms with van der Waals surface area (Å²) in [4.78, 5) is 24.3. The molecule has 3 atom stereocenters. The van der Waals surface area contributed by atoms with E-state index in [4.69, 9.17) is 4.74 Å². The molecular formula is C18H26N2O3. The van der Waals surface area contributed by atoms with Gasteiger partial charge in [-0.3, -0.25) is 4.79 Å². The quantitative estimate of drug-likeness (QED) is 0.872. The fraction of sp³-hybridized carbons (Fsp3) is 0.556. The topological polar surface area (TPSA) is 67.4 Å². The van der Waals surface area contributed by atoms with Gasteiger partial charge < -0.3 is 15.4 Å². The number of para-hydroxylation sites is 1. The second kappa shape index (κ2) is 7.49. The van der Waals surface area contributed by atoms with Crippen LogP contribution in [0.1, 0.15) is 40.0 Å². The van der Waals surface area contributed by atoms with Gasteiger partial charge in [-0.2, -0.15) is 0 Å². The number of benzene rings is 1. The molecule has 1 aromatic rings. The molecule has 3 unspecified atom stereocenters. The Morgan fingerprint density at radius 3 is 2.65 bits per heavy atom. The predicted molar refractivity (Wildman–Crippen MR) is 90.1 cm³/mol. The minimum absolute atomic E-state index is 0.00987. The Morgan fingerprint density at radius 1 is 1.30 bits per heavy atom. The van der Waals surface area contributed by atoms with Crippen molar-refractivity contribution in [1.29, 1.82) is 0 Å². The molecule has 2 amide bonds. The molecule has 0 aromatic heterocycles. The maximum atomic E-state index is 12.4. The monoisotopic (exact) mass is 318 g/mol. The van der Waals surface area contributed by atoms with Gasteiger partial charge in [0, 0.05) is 18.2 Å². The zero-order valence-corrected chi connectivity index (χ0v) is 14.1. The van der Waals surface area contributed by atoms with Crippen molar-refractivity contribution in [2.24, 2.45) is 11.8 Å². The number of carbonyl (C=O) groups is 2. The van der Waals surface area contributed by atoms with E-state index in [0.717, 1.165) is 18.5 Å². The number of anilines is 1. The summed E-state index contributed by atoms with van der Waals surface area (Å²) in [5.74, 6) is -0.0140. The molecule has 1 fully saturated rings. The van der Waals surface area contributed by atoms with E-state index in [2.05, 4.69) is 10.6 Å². The minimum atomic E-state index is -0.601. The summed E-state index contributed by atoms with van der Waals surface area (Å²) < 4.78 is 5.61.